The number of rotatable bonds is 8. The van der Waals surface area contributed by atoms with Crippen LogP contribution in [0, 0.1) is 11.8 Å². The lowest BCUT2D eigenvalue weighted by Crippen LogP contribution is -2.40. The number of amides is 1. The molecule has 0 bridgehead atoms. The van der Waals surface area contributed by atoms with Crippen LogP contribution in [-0.4, -0.2) is 40.4 Å². The number of aromatic nitrogens is 2. The van der Waals surface area contributed by atoms with Crippen molar-refractivity contribution >= 4 is 33.3 Å². The predicted octanol–water partition coefficient (Wildman–Crippen LogP) is 4.91. The Morgan fingerprint density at radius 3 is 2.39 bits per heavy atom. The third-order valence-corrected chi connectivity index (χ3v) is 5.41. The van der Waals surface area contributed by atoms with Crippen LogP contribution in [0.15, 0.2) is 42.7 Å². The molecule has 2 heterocycles. The van der Waals surface area contributed by atoms with Crippen LogP contribution < -0.4 is 5.32 Å². The zero-order valence-electron chi connectivity index (χ0n) is 17.0. The molecule has 2 aromatic heterocycles. The second-order valence-corrected chi connectivity index (χ2v) is 8.89. The molecular weight excluding hydrogens is 368 g/mol. The van der Waals surface area contributed by atoms with Gasteiger partial charge in [-0.05, 0) is 23.5 Å². The first-order valence-corrected chi connectivity index (χ1v) is 10.6. The van der Waals surface area contributed by atoms with E-state index in [1.54, 1.807) is 17.7 Å². The second-order valence-electron chi connectivity index (χ2n) is 7.86. The van der Waals surface area contributed by atoms with Crippen molar-refractivity contribution in [2.24, 2.45) is 11.8 Å². The second kappa shape index (κ2) is 9.15. The minimum atomic E-state index is 0.104. The Morgan fingerprint density at radius 2 is 1.75 bits per heavy atom. The summed E-state index contributed by atoms with van der Waals surface area (Å²) < 4.78 is 0. The molecule has 3 aromatic rings. The Kier molecular flexibility index (Phi) is 6.62. The summed E-state index contributed by atoms with van der Waals surface area (Å²) in [6.45, 7) is 10.3. The van der Waals surface area contributed by atoms with E-state index in [2.05, 4.69) is 61.2 Å². The predicted molar refractivity (Wildman–Crippen MR) is 118 cm³/mol. The first-order valence-electron chi connectivity index (χ1n) is 9.75. The molecule has 1 N–H and O–H groups in total. The van der Waals surface area contributed by atoms with E-state index >= 15 is 0 Å². The van der Waals surface area contributed by atoms with Gasteiger partial charge in [0, 0.05) is 18.0 Å². The smallest absolute Gasteiger partial charge is 0.241 e. The number of hydrogen-bond donors (Lipinski definition) is 1. The van der Waals surface area contributed by atoms with Crippen molar-refractivity contribution in [2.45, 2.75) is 27.7 Å². The highest BCUT2D eigenvalue weighted by Crippen LogP contribution is 2.34. The highest BCUT2D eigenvalue weighted by Gasteiger charge is 2.17. The van der Waals surface area contributed by atoms with Gasteiger partial charge in [-0.3, -0.25) is 4.79 Å². The Balaban J connectivity index is 1.76. The molecule has 0 unspecified atom stereocenters. The summed E-state index contributed by atoms with van der Waals surface area (Å²) in [4.78, 5) is 25.6. The van der Waals surface area contributed by atoms with Crippen molar-refractivity contribution in [3.63, 3.8) is 0 Å². The minimum Gasteiger partial charge on any atom is -0.360 e. The molecule has 0 saturated carbocycles. The van der Waals surface area contributed by atoms with Crippen molar-refractivity contribution in [1.29, 1.82) is 0 Å². The van der Waals surface area contributed by atoms with Crippen LogP contribution in [0.2, 0.25) is 0 Å². The topological polar surface area (TPSA) is 58.1 Å². The fraction of sp³-hybridized carbons (Fsp3) is 0.409. The summed E-state index contributed by atoms with van der Waals surface area (Å²) in [6, 6.07) is 12.3. The Bertz CT molecular complexity index is 911. The van der Waals surface area contributed by atoms with Gasteiger partial charge in [-0.25, -0.2) is 9.97 Å². The van der Waals surface area contributed by atoms with Crippen LogP contribution in [0.25, 0.3) is 20.7 Å². The van der Waals surface area contributed by atoms with Gasteiger partial charge in [-0.2, -0.15) is 0 Å². The maximum atomic E-state index is 12.8. The Hall–Kier alpha value is -2.47. The van der Waals surface area contributed by atoms with E-state index in [-0.39, 0.29) is 12.5 Å². The first kappa shape index (κ1) is 20.3. The van der Waals surface area contributed by atoms with E-state index in [0.717, 1.165) is 33.7 Å². The highest BCUT2D eigenvalue weighted by atomic mass is 32.1. The number of hydrogen-bond acceptors (Lipinski definition) is 5. The molecule has 6 heteroatoms. The minimum absolute atomic E-state index is 0.104. The molecule has 1 aromatic carbocycles. The number of thiophene rings is 1. The zero-order valence-corrected chi connectivity index (χ0v) is 17.8. The highest BCUT2D eigenvalue weighted by molar-refractivity contribution is 7.21. The molecule has 0 atom stereocenters. The van der Waals surface area contributed by atoms with Crippen LogP contribution in [0.4, 0.5) is 5.82 Å². The molecule has 0 aliphatic rings. The van der Waals surface area contributed by atoms with Gasteiger partial charge in [-0.15, -0.1) is 11.3 Å². The molecule has 3 rings (SSSR count). The summed E-state index contributed by atoms with van der Waals surface area (Å²) >= 11 is 1.64. The van der Waals surface area contributed by atoms with Gasteiger partial charge < -0.3 is 10.2 Å². The van der Waals surface area contributed by atoms with Crippen molar-refractivity contribution in [3.8, 4) is 10.4 Å². The fourth-order valence-corrected chi connectivity index (χ4v) is 4.18. The van der Waals surface area contributed by atoms with Crippen molar-refractivity contribution in [3.05, 3.63) is 42.7 Å². The lowest BCUT2D eigenvalue weighted by atomic mass is 10.1. The third-order valence-electron chi connectivity index (χ3n) is 4.32. The number of fused-ring (bicyclic) bond motifs is 1. The SMILES string of the molecule is CC(C)CN(CC(C)C)C(=O)CNc1ncnc2sc(-c3ccccc3)cc12. The zero-order chi connectivity index (χ0) is 20.1. The molecule has 28 heavy (non-hydrogen) atoms. The van der Waals surface area contributed by atoms with E-state index < -0.39 is 0 Å². The number of carbonyl (C=O) groups excluding carboxylic acids is 1. The molecule has 0 saturated heterocycles. The quantitative estimate of drug-likeness (QED) is 0.588. The largest absolute Gasteiger partial charge is 0.360 e. The fourth-order valence-electron chi connectivity index (χ4n) is 3.17. The number of carbonyl (C=O) groups is 1. The standard InChI is InChI=1S/C22H28N4OS/c1-15(2)12-26(13-16(3)4)20(27)11-23-21-18-10-19(17-8-6-5-7-9-17)28-22(18)25-14-24-21/h5-10,14-16H,11-13H2,1-4H3,(H,23,24,25). The average Bonchev–Trinajstić information content (AvgIpc) is 3.10. The van der Waals surface area contributed by atoms with Crippen LogP contribution in [0.3, 0.4) is 0 Å². The van der Waals surface area contributed by atoms with Gasteiger partial charge in [0.25, 0.3) is 0 Å². The van der Waals surface area contributed by atoms with E-state index in [0.29, 0.717) is 17.7 Å². The summed E-state index contributed by atoms with van der Waals surface area (Å²) in [5, 5.41) is 4.20. The molecule has 0 spiro atoms. The number of nitrogens with zero attached hydrogens (tertiary/aromatic N) is 3. The lowest BCUT2D eigenvalue weighted by Gasteiger charge is -2.26. The van der Waals surface area contributed by atoms with Crippen LogP contribution in [-0.2, 0) is 4.79 Å². The molecule has 0 aliphatic heterocycles. The number of nitrogens with one attached hydrogen (secondary N) is 1. The monoisotopic (exact) mass is 396 g/mol. The van der Waals surface area contributed by atoms with Crippen LogP contribution >= 0.6 is 11.3 Å². The Labute approximate surface area is 170 Å². The van der Waals surface area contributed by atoms with E-state index in [1.165, 1.54) is 0 Å². The van der Waals surface area contributed by atoms with E-state index in [1.807, 2.05) is 23.1 Å². The first-order chi connectivity index (χ1) is 13.4. The van der Waals surface area contributed by atoms with E-state index in [4.69, 9.17) is 0 Å². The van der Waals surface area contributed by atoms with Crippen molar-refractivity contribution in [2.75, 3.05) is 25.0 Å². The molecule has 0 fully saturated rings. The lowest BCUT2D eigenvalue weighted by molar-refractivity contribution is -0.130. The summed E-state index contributed by atoms with van der Waals surface area (Å²) in [7, 11) is 0. The van der Waals surface area contributed by atoms with Gasteiger partial charge in [0.1, 0.15) is 17.0 Å². The molecule has 148 valence electrons. The molecule has 5 nitrogen and oxygen atoms in total. The van der Waals surface area contributed by atoms with Gasteiger partial charge in [0.2, 0.25) is 5.91 Å². The third kappa shape index (κ3) is 5.07. The van der Waals surface area contributed by atoms with Crippen LogP contribution in [0.5, 0.6) is 0 Å². The molecule has 1 amide bonds. The average molecular weight is 397 g/mol. The summed E-state index contributed by atoms with van der Waals surface area (Å²) in [6.07, 6.45) is 1.56. The maximum Gasteiger partial charge on any atom is 0.241 e. The van der Waals surface area contributed by atoms with Gasteiger partial charge in [0.05, 0.1) is 11.9 Å². The van der Waals surface area contributed by atoms with Gasteiger partial charge in [-0.1, -0.05) is 58.0 Å². The normalized spacial score (nSPS) is 11.4. The van der Waals surface area contributed by atoms with Crippen molar-refractivity contribution < 1.29 is 4.79 Å². The van der Waals surface area contributed by atoms with Crippen LogP contribution in [0.1, 0.15) is 27.7 Å². The molecule has 0 radical (unpaired) electrons. The Morgan fingerprint density at radius 1 is 1.07 bits per heavy atom. The maximum absolute atomic E-state index is 12.8. The van der Waals surface area contributed by atoms with Gasteiger partial charge in [0.15, 0.2) is 0 Å². The number of benzene rings is 1. The summed E-state index contributed by atoms with van der Waals surface area (Å²) in [5.74, 6) is 1.70. The van der Waals surface area contributed by atoms with Crippen molar-refractivity contribution in [1.82, 2.24) is 14.9 Å². The van der Waals surface area contributed by atoms with Gasteiger partial charge >= 0.3 is 0 Å². The van der Waals surface area contributed by atoms with E-state index in [9.17, 15) is 4.79 Å². The molecule has 0 aliphatic carbocycles. The summed E-state index contributed by atoms with van der Waals surface area (Å²) in [5.41, 5.74) is 1.16. The molecular formula is C22H28N4OS. The number of anilines is 1.